The summed E-state index contributed by atoms with van der Waals surface area (Å²) in [5, 5.41) is 4.83. The topological polar surface area (TPSA) is 78.5 Å². The number of nitrogens with zero attached hydrogens (tertiary/aromatic N) is 1. The van der Waals surface area contributed by atoms with E-state index in [-0.39, 0.29) is 11.4 Å². The van der Waals surface area contributed by atoms with E-state index in [0.717, 1.165) is 21.6 Å². The monoisotopic (exact) mass is 415 g/mol. The van der Waals surface area contributed by atoms with Crippen LogP contribution < -0.4 is 10.6 Å². The maximum atomic E-state index is 13.7. The van der Waals surface area contributed by atoms with Gasteiger partial charge in [0.25, 0.3) is 5.91 Å². The molecule has 1 heterocycles. The van der Waals surface area contributed by atoms with E-state index in [4.69, 9.17) is 0 Å². The van der Waals surface area contributed by atoms with Crippen molar-refractivity contribution in [3.05, 3.63) is 95.9 Å². The van der Waals surface area contributed by atoms with Crippen LogP contribution in [-0.2, 0) is 9.59 Å². The third-order valence-electron chi connectivity index (χ3n) is 4.74. The summed E-state index contributed by atoms with van der Waals surface area (Å²) in [6.07, 6.45) is 1.55. The summed E-state index contributed by atoms with van der Waals surface area (Å²) >= 11 is 0. The first-order chi connectivity index (χ1) is 15.0. The molecule has 154 valence electrons. The smallest absolute Gasteiger partial charge is 0.322 e. The number of para-hydroxylation sites is 1. The lowest BCUT2D eigenvalue weighted by Gasteiger charge is -2.12. The van der Waals surface area contributed by atoms with Gasteiger partial charge in [-0.2, -0.15) is 0 Å². The third kappa shape index (κ3) is 4.51. The van der Waals surface area contributed by atoms with Crippen molar-refractivity contribution in [2.45, 2.75) is 0 Å². The number of amides is 4. The standard InChI is InChI=1S/C24H18FN3O3/c25-19-8-4-5-9-20(19)26-22(29)15-28-23(30)21(27-24(28)31)14-16-10-12-18(13-11-16)17-6-2-1-3-7-17/h1-14H,15H2,(H,26,29)(H,27,31)/b21-14+. The van der Waals surface area contributed by atoms with Crippen molar-refractivity contribution < 1.29 is 18.8 Å². The zero-order valence-corrected chi connectivity index (χ0v) is 16.3. The van der Waals surface area contributed by atoms with Gasteiger partial charge >= 0.3 is 6.03 Å². The molecule has 1 saturated heterocycles. The molecule has 3 aromatic rings. The predicted octanol–water partition coefficient (Wildman–Crippen LogP) is 4.02. The second kappa shape index (κ2) is 8.62. The number of imide groups is 1. The Hall–Kier alpha value is -4.26. The highest BCUT2D eigenvalue weighted by Crippen LogP contribution is 2.21. The summed E-state index contributed by atoms with van der Waals surface area (Å²) in [5.74, 6) is -1.91. The molecule has 0 bridgehead atoms. The second-order valence-electron chi connectivity index (χ2n) is 6.90. The van der Waals surface area contributed by atoms with Gasteiger partial charge in [-0.25, -0.2) is 14.1 Å². The minimum Gasteiger partial charge on any atom is -0.322 e. The maximum absolute atomic E-state index is 13.7. The van der Waals surface area contributed by atoms with Crippen LogP contribution >= 0.6 is 0 Å². The summed E-state index contributed by atoms with van der Waals surface area (Å²) in [5.41, 5.74) is 2.86. The summed E-state index contributed by atoms with van der Waals surface area (Å²) in [4.78, 5) is 37.7. The Labute approximate surface area is 178 Å². The number of carbonyl (C=O) groups excluding carboxylic acids is 3. The molecule has 3 aromatic carbocycles. The van der Waals surface area contributed by atoms with Gasteiger partial charge in [-0.15, -0.1) is 0 Å². The van der Waals surface area contributed by atoms with Gasteiger partial charge in [0.15, 0.2) is 0 Å². The lowest BCUT2D eigenvalue weighted by atomic mass is 10.0. The van der Waals surface area contributed by atoms with Crippen LogP contribution in [0.2, 0.25) is 0 Å². The fraction of sp³-hybridized carbons (Fsp3) is 0.0417. The van der Waals surface area contributed by atoms with Crippen molar-refractivity contribution >= 4 is 29.6 Å². The highest BCUT2D eigenvalue weighted by molar-refractivity contribution is 6.15. The molecule has 4 rings (SSSR count). The molecule has 7 heteroatoms. The lowest BCUT2D eigenvalue weighted by molar-refractivity contribution is -0.127. The van der Waals surface area contributed by atoms with Gasteiger partial charge < -0.3 is 10.6 Å². The fourth-order valence-corrected chi connectivity index (χ4v) is 3.18. The summed E-state index contributed by atoms with van der Waals surface area (Å²) in [7, 11) is 0. The van der Waals surface area contributed by atoms with Gasteiger partial charge in [-0.3, -0.25) is 9.59 Å². The molecular weight excluding hydrogens is 397 g/mol. The minimum absolute atomic E-state index is 0.0196. The first-order valence-electron chi connectivity index (χ1n) is 9.56. The molecule has 2 N–H and O–H groups in total. The Balaban J connectivity index is 1.44. The fourth-order valence-electron chi connectivity index (χ4n) is 3.18. The van der Waals surface area contributed by atoms with E-state index in [9.17, 15) is 18.8 Å². The summed E-state index contributed by atoms with van der Waals surface area (Å²) in [6, 6.07) is 22.3. The van der Waals surface area contributed by atoms with Crippen molar-refractivity contribution in [3.63, 3.8) is 0 Å². The second-order valence-corrected chi connectivity index (χ2v) is 6.90. The molecule has 6 nitrogen and oxygen atoms in total. The molecular formula is C24H18FN3O3. The van der Waals surface area contributed by atoms with Crippen molar-refractivity contribution in [3.8, 4) is 11.1 Å². The number of benzene rings is 3. The molecule has 0 spiro atoms. The number of anilines is 1. The van der Waals surface area contributed by atoms with Crippen LogP contribution in [0.15, 0.2) is 84.6 Å². The van der Waals surface area contributed by atoms with E-state index in [0.29, 0.717) is 0 Å². The first kappa shape index (κ1) is 20.0. The maximum Gasteiger partial charge on any atom is 0.329 e. The number of carbonyl (C=O) groups is 3. The number of urea groups is 1. The quantitative estimate of drug-likeness (QED) is 0.488. The van der Waals surface area contributed by atoms with Crippen LogP contribution in [0.4, 0.5) is 14.9 Å². The highest BCUT2D eigenvalue weighted by atomic mass is 19.1. The van der Waals surface area contributed by atoms with E-state index in [1.54, 1.807) is 12.1 Å². The van der Waals surface area contributed by atoms with Gasteiger partial charge in [-0.05, 0) is 34.9 Å². The summed E-state index contributed by atoms with van der Waals surface area (Å²) < 4.78 is 13.7. The Morgan fingerprint density at radius 3 is 2.26 bits per heavy atom. The minimum atomic E-state index is -0.708. The number of nitrogens with one attached hydrogen (secondary N) is 2. The van der Waals surface area contributed by atoms with Crippen LogP contribution in [0.3, 0.4) is 0 Å². The van der Waals surface area contributed by atoms with Crippen LogP contribution in [-0.4, -0.2) is 29.3 Å². The molecule has 0 saturated carbocycles. The molecule has 4 amide bonds. The van der Waals surface area contributed by atoms with Gasteiger partial charge in [0.2, 0.25) is 5.91 Å². The number of rotatable bonds is 5. The Bertz CT molecular complexity index is 1170. The van der Waals surface area contributed by atoms with E-state index in [2.05, 4.69) is 10.6 Å². The molecule has 0 atom stereocenters. The average molecular weight is 415 g/mol. The van der Waals surface area contributed by atoms with Gasteiger partial charge in [0, 0.05) is 0 Å². The zero-order chi connectivity index (χ0) is 21.8. The van der Waals surface area contributed by atoms with E-state index in [1.165, 1.54) is 18.2 Å². The van der Waals surface area contributed by atoms with Crippen LogP contribution in [0.5, 0.6) is 0 Å². The van der Waals surface area contributed by atoms with Crippen LogP contribution in [0.1, 0.15) is 5.56 Å². The molecule has 0 unspecified atom stereocenters. The zero-order valence-electron chi connectivity index (χ0n) is 16.3. The molecule has 31 heavy (non-hydrogen) atoms. The summed E-state index contributed by atoms with van der Waals surface area (Å²) in [6.45, 7) is -0.525. The number of halogens is 1. The van der Waals surface area contributed by atoms with Crippen molar-refractivity contribution in [1.29, 1.82) is 0 Å². The van der Waals surface area contributed by atoms with Crippen LogP contribution in [0, 0.1) is 5.82 Å². The largest absolute Gasteiger partial charge is 0.329 e. The third-order valence-corrected chi connectivity index (χ3v) is 4.74. The van der Waals surface area contributed by atoms with E-state index in [1.807, 2.05) is 54.6 Å². The van der Waals surface area contributed by atoms with E-state index >= 15 is 0 Å². The van der Waals surface area contributed by atoms with Crippen LogP contribution in [0.25, 0.3) is 17.2 Å². The van der Waals surface area contributed by atoms with Gasteiger partial charge in [0.05, 0.1) is 5.69 Å². The Kier molecular flexibility index (Phi) is 5.57. The van der Waals surface area contributed by atoms with Gasteiger partial charge in [-0.1, -0.05) is 66.7 Å². The lowest BCUT2D eigenvalue weighted by Crippen LogP contribution is -2.38. The number of hydrogen-bond acceptors (Lipinski definition) is 3. The van der Waals surface area contributed by atoms with E-state index < -0.39 is 30.2 Å². The van der Waals surface area contributed by atoms with Crippen molar-refractivity contribution in [1.82, 2.24) is 10.2 Å². The molecule has 1 aliphatic heterocycles. The van der Waals surface area contributed by atoms with Gasteiger partial charge in [0.1, 0.15) is 18.1 Å². The average Bonchev–Trinajstić information content (AvgIpc) is 3.04. The Morgan fingerprint density at radius 1 is 0.903 bits per heavy atom. The molecule has 0 aromatic heterocycles. The predicted molar refractivity (Wildman–Crippen MR) is 115 cm³/mol. The normalized spacial score (nSPS) is 14.6. The molecule has 1 fully saturated rings. The Morgan fingerprint density at radius 2 is 1.55 bits per heavy atom. The first-order valence-corrected chi connectivity index (χ1v) is 9.56. The number of hydrogen-bond donors (Lipinski definition) is 2. The SMILES string of the molecule is O=C(CN1C(=O)N/C(=C/c2ccc(-c3ccccc3)cc2)C1=O)Nc1ccccc1F. The molecule has 0 aliphatic carbocycles. The van der Waals surface area contributed by atoms with Crippen molar-refractivity contribution in [2.75, 3.05) is 11.9 Å². The van der Waals surface area contributed by atoms with Crippen molar-refractivity contribution in [2.24, 2.45) is 0 Å². The molecule has 1 aliphatic rings. The molecule has 0 radical (unpaired) electrons. The highest BCUT2D eigenvalue weighted by Gasteiger charge is 2.35.